The fourth-order valence-electron chi connectivity index (χ4n) is 0.250. The summed E-state index contributed by atoms with van der Waals surface area (Å²) in [4.78, 5) is 0. The molecule has 1 aliphatic heterocycles. The average Bonchev–Trinajstić information content (AvgIpc) is 0.722. The summed E-state index contributed by atoms with van der Waals surface area (Å²) >= 11 is 0.292. The van der Waals surface area contributed by atoms with Gasteiger partial charge in [0.2, 0.25) is 0 Å². The molecule has 0 unspecified atom stereocenters. The summed E-state index contributed by atoms with van der Waals surface area (Å²) in [5, 5.41) is 3.38. The second-order valence-corrected chi connectivity index (χ2v) is 5.86. The monoisotopic (exact) mass is 118 g/mol. The van der Waals surface area contributed by atoms with E-state index in [4.69, 9.17) is 0 Å². The molecule has 1 rings (SSSR count). The quantitative estimate of drug-likeness (QED) is 0.402. The summed E-state index contributed by atoms with van der Waals surface area (Å²) in [7, 11) is 0. The Hall–Kier alpha value is 0.543. The van der Waals surface area contributed by atoms with Crippen molar-refractivity contribution in [3.8, 4) is 0 Å². The first-order chi connectivity index (χ1) is 2.00. The molecule has 0 amide bonds. The Morgan fingerprint density at radius 1 is 1.25 bits per heavy atom. The second kappa shape index (κ2) is 1.11. The molecule has 0 aromatic carbocycles. The third-order valence-electron chi connectivity index (χ3n) is 1.000. The topological polar surface area (TPSA) is 0 Å². The summed E-state index contributed by atoms with van der Waals surface area (Å²) in [6.07, 6.45) is 1.58. The van der Waals surface area contributed by atoms with Crippen molar-refractivity contribution in [3.63, 3.8) is 0 Å². The van der Waals surface area contributed by atoms with Crippen LogP contribution in [0.15, 0.2) is 0 Å². The van der Waals surface area contributed by atoms with Gasteiger partial charge in [0.25, 0.3) is 0 Å². The van der Waals surface area contributed by atoms with Crippen LogP contribution in [-0.4, -0.2) is 15.4 Å². The van der Waals surface area contributed by atoms with E-state index >= 15 is 0 Å². The molecule has 0 aliphatic carbocycles. The Kier molecular flexibility index (Phi) is 0.767. The zero-order valence-electron chi connectivity index (χ0n) is 2.83. The van der Waals surface area contributed by atoms with Gasteiger partial charge in [-0.25, -0.2) is 0 Å². The molecule has 0 aromatic rings. The molecule has 1 heteroatoms. The molecular weight excluding hydrogens is 109 g/mol. The van der Waals surface area contributed by atoms with Crippen molar-refractivity contribution in [1.82, 2.24) is 0 Å². The molecule has 0 aromatic heterocycles. The normalized spacial score (nSPS) is 24.0. The van der Waals surface area contributed by atoms with Crippen molar-refractivity contribution in [1.29, 1.82) is 0 Å². The predicted octanol–water partition coefficient (Wildman–Crippen LogP) is 0.395. The molecule has 1 heterocycles. The zero-order chi connectivity index (χ0) is 2.83. The van der Waals surface area contributed by atoms with E-state index in [1.807, 2.05) is 0 Å². The van der Waals surface area contributed by atoms with E-state index in [1.165, 1.54) is 0 Å². The van der Waals surface area contributed by atoms with E-state index in [-0.39, 0.29) is 0 Å². The molecule has 1 fully saturated rings. The van der Waals surface area contributed by atoms with Gasteiger partial charge in [-0.15, -0.1) is 0 Å². The van der Waals surface area contributed by atoms with Crippen molar-refractivity contribution in [3.05, 3.63) is 0 Å². The van der Waals surface area contributed by atoms with E-state index < -0.39 is 0 Å². The predicted molar refractivity (Wildman–Crippen MR) is 22.8 cm³/mol. The molecular formula is C3H8Ge. The maximum atomic E-state index is 1.69. The molecule has 0 saturated carbocycles. The van der Waals surface area contributed by atoms with Crippen molar-refractivity contribution in [2.24, 2.45) is 0 Å². The van der Waals surface area contributed by atoms with Crippen molar-refractivity contribution >= 4 is 15.4 Å². The molecule has 1 saturated heterocycles. The third kappa shape index (κ3) is 0.293. The van der Waals surface area contributed by atoms with Gasteiger partial charge in [0.1, 0.15) is 0 Å². The zero-order valence-corrected chi connectivity index (χ0v) is 5.80. The third-order valence-corrected chi connectivity index (χ3v) is 5.20. The van der Waals surface area contributed by atoms with Gasteiger partial charge in [-0.3, -0.25) is 0 Å². The van der Waals surface area contributed by atoms with Gasteiger partial charge in [0.05, 0.1) is 0 Å². The van der Waals surface area contributed by atoms with E-state index in [2.05, 4.69) is 0 Å². The first-order valence-corrected chi connectivity index (χ1v) is 6.20. The van der Waals surface area contributed by atoms with Gasteiger partial charge in [-0.2, -0.15) is 0 Å². The van der Waals surface area contributed by atoms with Crippen LogP contribution in [-0.2, 0) is 0 Å². The van der Waals surface area contributed by atoms with E-state index in [0.717, 1.165) is 0 Å². The first-order valence-electron chi connectivity index (χ1n) is 2.00. The van der Waals surface area contributed by atoms with Crippen LogP contribution in [0.3, 0.4) is 0 Å². The number of hydrogen-bond acceptors (Lipinski definition) is 0. The molecule has 0 bridgehead atoms. The average molecular weight is 117 g/mol. The van der Waals surface area contributed by atoms with Crippen LogP contribution in [0.1, 0.15) is 6.42 Å². The summed E-state index contributed by atoms with van der Waals surface area (Å²) < 4.78 is 0. The molecule has 0 spiro atoms. The summed E-state index contributed by atoms with van der Waals surface area (Å²) in [5.41, 5.74) is 0. The Morgan fingerprint density at radius 3 is 1.50 bits per heavy atom. The minimum absolute atomic E-state index is 0.292. The van der Waals surface area contributed by atoms with Crippen LogP contribution in [0.4, 0.5) is 0 Å². The Morgan fingerprint density at radius 2 is 1.50 bits per heavy atom. The van der Waals surface area contributed by atoms with Crippen molar-refractivity contribution in [2.45, 2.75) is 16.9 Å². The van der Waals surface area contributed by atoms with Crippen LogP contribution in [0.5, 0.6) is 0 Å². The molecule has 1 aliphatic rings. The molecule has 0 N–H and O–H groups in total. The van der Waals surface area contributed by atoms with Crippen LogP contribution in [0.2, 0.25) is 10.5 Å². The molecule has 0 atom stereocenters. The SMILES string of the molecule is C1[CH2][GeH2][CH2]1. The Labute approximate surface area is 33.1 Å². The minimum atomic E-state index is 0.292. The van der Waals surface area contributed by atoms with E-state index in [0.29, 0.717) is 15.4 Å². The maximum absolute atomic E-state index is 1.69. The van der Waals surface area contributed by atoms with Crippen LogP contribution >= 0.6 is 0 Å². The Balaban J connectivity index is 2.00. The fourth-order valence-corrected chi connectivity index (χ4v) is 1.30. The van der Waals surface area contributed by atoms with Crippen molar-refractivity contribution in [2.75, 3.05) is 0 Å². The summed E-state index contributed by atoms with van der Waals surface area (Å²) in [5.74, 6) is 0. The summed E-state index contributed by atoms with van der Waals surface area (Å²) in [6, 6.07) is 0. The molecule has 24 valence electrons. The van der Waals surface area contributed by atoms with Gasteiger partial charge >= 0.3 is 32.4 Å². The standard InChI is InChI=1S/C3H8Ge/c1-2-4-3-1/h1-4H2. The van der Waals surface area contributed by atoms with Gasteiger partial charge in [0, 0.05) is 0 Å². The van der Waals surface area contributed by atoms with Gasteiger partial charge in [0.15, 0.2) is 0 Å². The van der Waals surface area contributed by atoms with Gasteiger partial charge < -0.3 is 0 Å². The van der Waals surface area contributed by atoms with Gasteiger partial charge in [-0.1, -0.05) is 0 Å². The van der Waals surface area contributed by atoms with E-state index in [9.17, 15) is 0 Å². The second-order valence-electron chi connectivity index (χ2n) is 1.41. The van der Waals surface area contributed by atoms with Crippen LogP contribution < -0.4 is 0 Å². The van der Waals surface area contributed by atoms with Crippen LogP contribution in [0.25, 0.3) is 0 Å². The van der Waals surface area contributed by atoms with Gasteiger partial charge in [-0.05, 0) is 0 Å². The molecule has 0 radical (unpaired) electrons. The fraction of sp³-hybridized carbons (Fsp3) is 1.00. The van der Waals surface area contributed by atoms with Crippen LogP contribution in [0, 0.1) is 0 Å². The summed E-state index contributed by atoms with van der Waals surface area (Å²) in [6.45, 7) is 0. The number of rotatable bonds is 0. The van der Waals surface area contributed by atoms with E-state index in [1.54, 1.807) is 16.9 Å². The molecule has 4 heavy (non-hydrogen) atoms. The molecule has 0 nitrogen and oxygen atoms in total. The van der Waals surface area contributed by atoms with Crippen molar-refractivity contribution < 1.29 is 0 Å². The first kappa shape index (κ1) is 2.76. The number of hydrogen-bond donors (Lipinski definition) is 0. The Bertz CT molecular complexity index is 11.2.